The molecule has 0 fully saturated rings. The van der Waals surface area contributed by atoms with E-state index in [-0.39, 0.29) is 5.54 Å². The van der Waals surface area contributed by atoms with E-state index in [1.165, 1.54) is 22.4 Å². The summed E-state index contributed by atoms with van der Waals surface area (Å²) in [5.41, 5.74) is 8.30. The van der Waals surface area contributed by atoms with Gasteiger partial charge >= 0.3 is 0 Å². The molecule has 2 nitrogen and oxygen atoms in total. The van der Waals surface area contributed by atoms with Gasteiger partial charge in [-0.25, -0.2) is 0 Å². The summed E-state index contributed by atoms with van der Waals surface area (Å²) in [7, 11) is 0. The van der Waals surface area contributed by atoms with E-state index in [1.54, 1.807) is 0 Å². The van der Waals surface area contributed by atoms with Crippen LogP contribution >= 0.6 is 0 Å². The molecular weight excluding hydrogens is 208 g/mol. The molecule has 0 bridgehead atoms. The first-order valence-electron chi connectivity index (χ1n) is 6.22. The second-order valence-corrected chi connectivity index (χ2v) is 5.51. The Bertz CT molecular complexity index is 511. The Kier molecular flexibility index (Phi) is 2.15. The molecule has 2 heteroatoms. The summed E-state index contributed by atoms with van der Waals surface area (Å²) >= 11 is 0. The van der Waals surface area contributed by atoms with Gasteiger partial charge in [0.25, 0.3) is 0 Å². The first-order valence-corrected chi connectivity index (χ1v) is 6.22. The molecule has 1 N–H and O–H groups in total. The van der Waals surface area contributed by atoms with Crippen LogP contribution in [0.5, 0.6) is 0 Å². The predicted octanol–water partition coefficient (Wildman–Crippen LogP) is 2.89. The van der Waals surface area contributed by atoms with Crippen LogP contribution in [-0.4, -0.2) is 11.3 Å². The van der Waals surface area contributed by atoms with Crippen molar-refractivity contribution in [2.24, 2.45) is 11.0 Å². The molecule has 2 aliphatic rings. The first kappa shape index (κ1) is 10.6. The normalized spacial score (nSPS) is 25.4. The molecule has 1 aromatic rings. The van der Waals surface area contributed by atoms with Gasteiger partial charge in [-0.2, -0.15) is 5.10 Å². The van der Waals surface area contributed by atoms with E-state index in [9.17, 15) is 0 Å². The van der Waals surface area contributed by atoms with E-state index in [4.69, 9.17) is 0 Å². The fraction of sp³-hybridized carbons (Fsp3) is 0.400. The molecule has 0 amide bonds. The van der Waals surface area contributed by atoms with Gasteiger partial charge in [0.1, 0.15) is 0 Å². The first-order chi connectivity index (χ1) is 8.09. The van der Waals surface area contributed by atoms with E-state index in [2.05, 4.69) is 55.2 Å². The molecule has 1 atom stereocenters. The third kappa shape index (κ3) is 1.51. The highest BCUT2D eigenvalue weighted by molar-refractivity contribution is 6.06. The zero-order valence-electron chi connectivity index (χ0n) is 10.5. The van der Waals surface area contributed by atoms with Gasteiger partial charge in [0.05, 0.1) is 11.3 Å². The monoisotopic (exact) mass is 226 g/mol. The number of rotatable bonds is 0. The quantitative estimate of drug-likeness (QED) is 0.676. The predicted molar refractivity (Wildman–Crippen MR) is 71.1 cm³/mol. The molecule has 17 heavy (non-hydrogen) atoms. The largest absolute Gasteiger partial charge is 0.300 e. The number of nitrogens with zero attached hydrogens (tertiary/aromatic N) is 1. The fourth-order valence-corrected chi connectivity index (χ4v) is 2.80. The maximum atomic E-state index is 4.60. The zero-order valence-corrected chi connectivity index (χ0v) is 10.5. The van der Waals surface area contributed by atoms with Crippen molar-refractivity contribution in [3.05, 3.63) is 47.5 Å². The van der Waals surface area contributed by atoms with Crippen LogP contribution in [0.25, 0.3) is 0 Å². The molecule has 0 radical (unpaired) electrons. The van der Waals surface area contributed by atoms with Gasteiger partial charge in [0.15, 0.2) is 0 Å². The van der Waals surface area contributed by atoms with Gasteiger partial charge in [0, 0.05) is 11.5 Å². The minimum absolute atomic E-state index is 0.0829. The SMILES string of the molecule is C=C1C2CCc3ccccc3C2=NNC1(C)C. The van der Waals surface area contributed by atoms with Crippen molar-refractivity contribution < 1.29 is 0 Å². The number of fused-ring (bicyclic) bond motifs is 3. The number of aryl methyl sites for hydroxylation is 1. The molecule has 0 spiro atoms. The average Bonchev–Trinajstić information content (AvgIpc) is 2.33. The Morgan fingerprint density at radius 2 is 2.12 bits per heavy atom. The van der Waals surface area contributed by atoms with E-state index >= 15 is 0 Å². The lowest BCUT2D eigenvalue weighted by Crippen LogP contribution is -2.48. The van der Waals surface area contributed by atoms with Crippen LogP contribution in [-0.2, 0) is 6.42 Å². The van der Waals surface area contributed by atoms with Gasteiger partial charge in [-0.1, -0.05) is 30.8 Å². The van der Waals surface area contributed by atoms with Crippen molar-refractivity contribution in [2.75, 3.05) is 0 Å². The topological polar surface area (TPSA) is 24.4 Å². The highest BCUT2D eigenvalue weighted by Gasteiger charge is 2.37. The van der Waals surface area contributed by atoms with Crippen LogP contribution in [0.15, 0.2) is 41.5 Å². The second kappa shape index (κ2) is 3.46. The third-order valence-corrected chi connectivity index (χ3v) is 4.01. The Hall–Kier alpha value is -1.57. The van der Waals surface area contributed by atoms with Crippen molar-refractivity contribution in [1.29, 1.82) is 0 Å². The highest BCUT2D eigenvalue weighted by Crippen LogP contribution is 2.36. The number of hydrogen-bond acceptors (Lipinski definition) is 2. The lowest BCUT2D eigenvalue weighted by atomic mass is 9.73. The van der Waals surface area contributed by atoms with Crippen molar-refractivity contribution in [3.63, 3.8) is 0 Å². The molecule has 0 saturated carbocycles. The summed E-state index contributed by atoms with van der Waals surface area (Å²) in [4.78, 5) is 0. The summed E-state index contributed by atoms with van der Waals surface area (Å²) in [5.74, 6) is 0.418. The van der Waals surface area contributed by atoms with E-state index in [1.807, 2.05) is 0 Å². The summed E-state index contributed by atoms with van der Waals surface area (Å²) in [6.07, 6.45) is 2.27. The number of nitrogens with one attached hydrogen (secondary N) is 1. The minimum Gasteiger partial charge on any atom is -0.300 e. The standard InChI is InChI=1S/C15H18N2/c1-10-12-9-8-11-6-4-5-7-13(11)14(12)16-17-15(10,2)3/h4-7,12,17H,1,8-9H2,2-3H3. The molecule has 1 aromatic carbocycles. The van der Waals surface area contributed by atoms with Crippen molar-refractivity contribution >= 4 is 5.71 Å². The molecule has 1 heterocycles. The summed E-state index contributed by atoms with van der Waals surface area (Å²) in [6, 6.07) is 8.57. The number of hydrazone groups is 1. The Morgan fingerprint density at radius 1 is 1.35 bits per heavy atom. The maximum Gasteiger partial charge on any atom is 0.0750 e. The van der Waals surface area contributed by atoms with Gasteiger partial charge < -0.3 is 5.43 Å². The van der Waals surface area contributed by atoms with Gasteiger partial charge in [-0.05, 0) is 37.8 Å². The van der Waals surface area contributed by atoms with Crippen molar-refractivity contribution in [2.45, 2.75) is 32.2 Å². The average molecular weight is 226 g/mol. The van der Waals surface area contributed by atoms with E-state index in [0.717, 1.165) is 12.8 Å². The molecule has 0 aromatic heterocycles. The van der Waals surface area contributed by atoms with Crippen LogP contribution in [0.4, 0.5) is 0 Å². The zero-order chi connectivity index (χ0) is 12.0. The third-order valence-electron chi connectivity index (χ3n) is 4.01. The highest BCUT2D eigenvalue weighted by atomic mass is 15.3. The molecule has 88 valence electrons. The van der Waals surface area contributed by atoms with Gasteiger partial charge in [-0.3, -0.25) is 0 Å². The Balaban J connectivity index is 2.11. The van der Waals surface area contributed by atoms with Gasteiger partial charge in [0.2, 0.25) is 0 Å². The maximum absolute atomic E-state index is 4.60. The molecule has 1 aliphatic carbocycles. The van der Waals surface area contributed by atoms with Crippen LogP contribution in [0.1, 0.15) is 31.4 Å². The Morgan fingerprint density at radius 3 is 2.94 bits per heavy atom. The van der Waals surface area contributed by atoms with Crippen LogP contribution in [0.2, 0.25) is 0 Å². The van der Waals surface area contributed by atoms with E-state index in [0.29, 0.717) is 5.92 Å². The van der Waals surface area contributed by atoms with Crippen molar-refractivity contribution in [1.82, 2.24) is 5.43 Å². The summed E-state index contributed by atoms with van der Waals surface area (Å²) in [6.45, 7) is 8.58. The van der Waals surface area contributed by atoms with Crippen LogP contribution in [0.3, 0.4) is 0 Å². The van der Waals surface area contributed by atoms with Crippen molar-refractivity contribution in [3.8, 4) is 0 Å². The number of hydrogen-bond donors (Lipinski definition) is 1. The Labute approximate surface area is 102 Å². The summed E-state index contributed by atoms with van der Waals surface area (Å²) in [5, 5.41) is 4.60. The molecule has 1 unspecified atom stereocenters. The minimum atomic E-state index is -0.0829. The molecule has 3 rings (SSSR count). The number of benzene rings is 1. The lowest BCUT2D eigenvalue weighted by Gasteiger charge is -2.40. The van der Waals surface area contributed by atoms with Crippen LogP contribution < -0.4 is 5.43 Å². The molecule has 0 saturated heterocycles. The van der Waals surface area contributed by atoms with Gasteiger partial charge in [-0.15, -0.1) is 0 Å². The van der Waals surface area contributed by atoms with Crippen LogP contribution in [0, 0.1) is 5.92 Å². The molecule has 1 aliphatic heterocycles. The second-order valence-electron chi connectivity index (χ2n) is 5.51. The smallest absolute Gasteiger partial charge is 0.0750 e. The lowest BCUT2D eigenvalue weighted by molar-refractivity contribution is 0.406. The fourth-order valence-electron chi connectivity index (χ4n) is 2.80. The molecular formula is C15H18N2. The van der Waals surface area contributed by atoms with E-state index < -0.39 is 0 Å². The summed E-state index contributed by atoms with van der Waals surface area (Å²) < 4.78 is 0.